The maximum Gasteiger partial charge on any atom is 0.225 e. The lowest BCUT2D eigenvalue weighted by molar-refractivity contribution is -0.121. The van der Waals surface area contributed by atoms with Crippen LogP contribution >= 0.6 is 11.3 Å². The number of carbonyl (C=O) groups excluding carboxylic acids is 1. The molecule has 2 saturated heterocycles. The number of benzene rings is 1. The van der Waals surface area contributed by atoms with Gasteiger partial charge < -0.3 is 14.8 Å². The zero-order valence-electron chi connectivity index (χ0n) is 15.1. The highest BCUT2D eigenvalue weighted by Gasteiger charge is 2.49. The largest absolute Gasteiger partial charge is 0.371 e. The second-order valence-electron chi connectivity index (χ2n) is 7.04. The predicted molar refractivity (Wildman–Crippen MR) is 104 cm³/mol. The fourth-order valence-electron chi connectivity index (χ4n) is 3.84. The van der Waals surface area contributed by atoms with Gasteiger partial charge in [0.25, 0.3) is 0 Å². The molecule has 4 atom stereocenters. The van der Waals surface area contributed by atoms with Crippen LogP contribution in [-0.4, -0.2) is 52.4 Å². The summed E-state index contributed by atoms with van der Waals surface area (Å²) in [4.78, 5) is 13.4. The Morgan fingerprint density at radius 2 is 2.00 bits per heavy atom. The van der Waals surface area contributed by atoms with Crippen molar-refractivity contribution in [1.29, 1.82) is 0 Å². The Balaban J connectivity index is 1.25. The molecular formula is C20H20N4O3S. The number of nitrogens with one attached hydrogen (secondary N) is 1. The molecule has 2 aromatic heterocycles. The SMILES string of the molecule is O=C(Cc1cccs1)N[C@H]1CO[C@H]2[C@H]1OC[C@H]2n1cc(-c2ccccc2)nn1. The van der Waals surface area contributed by atoms with Gasteiger partial charge in [-0.25, -0.2) is 4.68 Å². The number of thiophene rings is 1. The highest BCUT2D eigenvalue weighted by molar-refractivity contribution is 7.10. The summed E-state index contributed by atoms with van der Waals surface area (Å²) in [6.07, 6.45) is 2.01. The molecule has 0 unspecified atom stereocenters. The van der Waals surface area contributed by atoms with Crippen LogP contribution in [0.4, 0.5) is 0 Å². The Kier molecular flexibility index (Phi) is 4.67. The van der Waals surface area contributed by atoms with E-state index in [2.05, 4.69) is 15.6 Å². The number of hydrogen-bond acceptors (Lipinski definition) is 6. The molecule has 1 N–H and O–H groups in total. The highest BCUT2D eigenvalue weighted by Crippen LogP contribution is 2.34. The first-order chi connectivity index (χ1) is 13.8. The zero-order valence-corrected chi connectivity index (χ0v) is 15.9. The van der Waals surface area contributed by atoms with E-state index < -0.39 is 0 Å². The number of rotatable bonds is 5. The number of amides is 1. The standard InChI is InChI=1S/C20H20N4O3S/c25-18(9-14-7-4-8-28-14)21-16-11-26-20-17(12-27-19(16)20)24-10-15(22-23-24)13-5-2-1-3-6-13/h1-8,10,16-17,19-20H,9,11-12H2,(H,21,25)/t16-,17+,19-,20+/m0/s1. The van der Waals surface area contributed by atoms with Crippen LogP contribution in [0.5, 0.6) is 0 Å². The van der Waals surface area contributed by atoms with Gasteiger partial charge in [-0.2, -0.15) is 0 Å². The smallest absolute Gasteiger partial charge is 0.225 e. The van der Waals surface area contributed by atoms with Crippen molar-refractivity contribution in [3.8, 4) is 11.3 Å². The molecule has 28 heavy (non-hydrogen) atoms. The monoisotopic (exact) mass is 396 g/mol. The summed E-state index contributed by atoms with van der Waals surface area (Å²) in [7, 11) is 0. The molecule has 0 saturated carbocycles. The second kappa shape index (κ2) is 7.46. The van der Waals surface area contributed by atoms with Crippen LogP contribution in [0.3, 0.4) is 0 Å². The summed E-state index contributed by atoms with van der Waals surface area (Å²) in [6.45, 7) is 0.937. The first kappa shape index (κ1) is 17.5. The van der Waals surface area contributed by atoms with E-state index in [0.29, 0.717) is 19.6 Å². The number of ether oxygens (including phenoxy) is 2. The number of nitrogens with zero attached hydrogens (tertiary/aromatic N) is 3. The lowest BCUT2D eigenvalue weighted by Gasteiger charge is -2.17. The van der Waals surface area contributed by atoms with Crippen LogP contribution in [0.15, 0.2) is 54.0 Å². The molecule has 2 aliphatic rings. The van der Waals surface area contributed by atoms with Gasteiger partial charge >= 0.3 is 0 Å². The molecular weight excluding hydrogens is 376 g/mol. The molecule has 1 aromatic carbocycles. The Labute approximate surface area is 166 Å². The normalized spacial score (nSPS) is 26.3. The van der Waals surface area contributed by atoms with E-state index in [9.17, 15) is 4.79 Å². The van der Waals surface area contributed by atoms with Gasteiger partial charge in [0.2, 0.25) is 5.91 Å². The summed E-state index contributed by atoms with van der Waals surface area (Å²) >= 11 is 1.58. The fraction of sp³-hybridized carbons (Fsp3) is 0.350. The van der Waals surface area contributed by atoms with Gasteiger partial charge in [-0.1, -0.05) is 41.6 Å². The summed E-state index contributed by atoms with van der Waals surface area (Å²) in [5, 5.41) is 13.6. The molecule has 8 heteroatoms. The van der Waals surface area contributed by atoms with Gasteiger partial charge in [-0.3, -0.25) is 4.79 Å². The zero-order chi connectivity index (χ0) is 18.9. The van der Waals surface area contributed by atoms with E-state index in [4.69, 9.17) is 9.47 Å². The van der Waals surface area contributed by atoms with E-state index in [0.717, 1.165) is 16.1 Å². The van der Waals surface area contributed by atoms with Crippen molar-refractivity contribution in [3.05, 3.63) is 58.9 Å². The molecule has 3 aromatic rings. The molecule has 2 aliphatic heterocycles. The van der Waals surface area contributed by atoms with Crippen LogP contribution in [0, 0.1) is 0 Å². The minimum absolute atomic E-state index is 0.00382. The third-order valence-corrected chi connectivity index (χ3v) is 6.08. The molecule has 4 heterocycles. The first-order valence-electron chi connectivity index (χ1n) is 9.30. The van der Waals surface area contributed by atoms with Crippen LogP contribution in [0.1, 0.15) is 10.9 Å². The maximum absolute atomic E-state index is 12.3. The molecule has 5 rings (SSSR count). The molecule has 0 spiro atoms. The number of aromatic nitrogens is 3. The summed E-state index contributed by atoms with van der Waals surface area (Å²) in [5.41, 5.74) is 1.85. The maximum atomic E-state index is 12.3. The minimum atomic E-state index is -0.165. The number of fused-ring (bicyclic) bond motifs is 1. The van der Waals surface area contributed by atoms with Crippen molar-refractivity contribution in [2.24, 2.45) is 0 Å². The van der Waals surface area contributed by atoms with Crippen LogP contribution in [-0.2, 0) is 20.7 Å². The van der Waals surface area contributed by atoms with E-state index in [1.165, 1.54) is 0 Å². The van der Waals surface area contributed by atoms with Crippen molar-refractivity contribution in [2.75, 3.05) is 13.2 Å². The number of hydrogen-bond donors (Lipinski definition) is 1. The Hall–Kier alpha value is -2.55. The van der Waals surface area contributed by atoms with Gasteiger partial charge in [0, 0.05) is 10.4 Å². The molecule has 0 radical (unpaired) electrons. The Morgan fingerprint density at radius 1 is 1.14 bits per heavy atom. The van der Waals surface area contributed by atoms with Crippen molar-refractivity contribution in [1.82, 2.24) is 20.3 Å². The van der Waals surface area contributed by atoms with Crippen molar-refractivity contribution >= 4 is 17.2 Å². The van der Waals surface area contributed by atoms with Crippen LogP contribution < -0.4 is 5.32 Å². The van der Waals surface area contributed by atoms with Gasteiger partial charge in [0.15, 0.2) is 0 Å². The summed E-state index contributed by atoms with van der Waals surface area (Å²) in [5.74, 6) is -0.00382. The highest BCUT2D eigenvalue weighted by atomic mass is 32.1. The summed E-state index contributed by atoms with van der Waals surface area (Å²) < 4.78 is 13.8. The lowest BCUT2D eigenvalue weighted by Crippen LogP contribution is -2.44. The van der Waals surface area contributed by atoms with E-state index in [-0.39, 0.29) is 30.2 Å². The van der Waals surface area contributed by atoms with E-state index in [1.807, 2.05) is 58.7 Å². The van der Waals surface area contributed by atoms with Gasteiger partial charge in [0.1, 0.15) is 23.9 Å². The minimum Gasteiger partial charge on any atom is -0.371 e. The predicted octanol–water partition coefficient (Wildman–Crippen LogP) is 2.07. The average molecular weight is 396 g/mol. The van der Waals surface area contributed by atoms with E-state index in [1.54, 1.807) is 11.3 Å². The Bertz CT molecular complexity index is 944. The van der Waals surface area contributed by atoms with Crippen LogP contribution in [0.2, 0.25) is 0 Å². The third kappa shape index (κ3) is 3.34. The number of carbonyl (C=O) groups is 1. The molecule has 144 valence electrons. The Morgan fingerprint density at radius 3 is 2.82 bits per heavy atom. The van der Waals surface area contributed by atoms with Gasteiger partial charge in [-0.05, 0) is 11.4 Å². The topological polar surface area (TPSA) is 78.3 Å². The first-order valence-corrected chi connectivity index (χ1v) is 10.2. The van der Waals surface area contributed by atoms with Gasteiger partial charge in [0.05, 0.1) is 31.9 Å². The molecule has 7 nitrogen and oxygen atoms in total. The molecule has 0 bridgehead atoms. The second-order valence-corrected chi connectivity index (χ2v) is 8.08. The van der Waals surface area contributed by atoms with Crippen molar-refractivity contribution in [3.63, 3.8) is 0 Å². The summed E-state index contributed by atoms with van der Waals surface area (Å²) in [6, 6.07) is 13.7. The average Bonchev–Trinajstić information content (AvgIpc) is 3.48. The van der Waals surface area contributed by atoms with Gasteiger partial charge in [-0.15, -0.1) is 16.4 Å². The van der Waals surface area contributed by atoms with Crippen LogP contribution in [0.25, 0.3) is 11.3 Å². The van der Waals surface area contributed by atoms with Crippen molar-refractivity contribution in [2.45, 2.75) is 30.7 Å². The third-order valence-electron chi connectivity index (χ3n) is 5.21. The lowest BCUT2D eigenvalue weighted by atomic mass is 10.1. The van der Waals surface area contributed by atoms with Crippen molar-refractivity contribution < 1.29 is 14.3 Å². The quantitative estimate of drug-likeness (QED) is 0.714. The molecule has 1 amide bonds. The molecule has 0 aliphatic carbocycles. The molecule has 2 fully saturated rings. The van der Waals surface area contributed by atoms with E-state index >= 15 is 0 Å². The fourth-order valence-corrected chi connectivity index (χ4v) is 4.54.